The first kappa shape index (κ1) is 17.4. The fraction of sp³-hybridized carbons (Fsp3) is 0.0435. The number of pyridine rings is 1. The van der Waals surface area contributed by atoms with Crippen LogP contribution in [0.2, 0.25) is 0 Å². The molecular weight excluding hydrogens is 400 g/mol. The van der Waals surface area contributed by atoms with Crippen LogP contribution in [0, 0.1) is 0 Å². The molecule has 1 heterocycles. The Bertz CT molecular complexity index is 1070. The van der Waals surface area contributed by atoms with Crippen molar-refractivity contribution in [3.8, 4) is 0 Å². The lowest BCUT2D eigenvalue weighted by molar-refractivity contribution is 0.0984. The van der Waals surface area contributed by atoms with Crippen LogP contribution in [0.1, 0.15) is 15.9 Å². The monoisotopic (exact) mass is 416 g/mol. The van der Waals surface area contributed by atoms with Gasteiger partial charge in [-0.15, -0.1) is 0 Å². The van der Waals surface area contributed by atoms with Crippen molar-refractivity contribution in [2.24, 2.45) is 0 Å². The molecule has 0 saturated carbocycles. The number of fused-ring (bicyclic) bond motifs is 1. The second-order valence-corrected chi connectivity index (χ2v) is 7.14. The van der Waals surface area contributed by atoms with Crippen molar-refractivity contribution >= 4 is 38.4 Å². The largest absolute Gasteiger partial charge is 0.288 e. The third kappa shape index (κ3) is 3.76. The minimum atomic E-state index is -0.0749. The van der Waals surface area contributed by atoms with Crippen LogP contribution in [-0.2, 0) is 6.54 Å². The van der Waals surface area contributed by atoms with E-state index in [1.807, 2.05) is 60.7 Å². The van der Waals surface area contributed by atoms with Crippen LogP contribution >= 0.6 is 15.9 Å². The van der Waals surface area contributed by atoms with Crippen molar-refractivity contribution in [2.45, 2.75) is 6.54 Å². The molecule has 27 heavy (non-hydrogen) atoms. The number of anilines is 1. The molecule has 4 rings (SSSR count). The van der Waals surface area contributed by atoms with Crippen molar-refractivity contribution in [3.63, 3.8) is 0 Å². The predicted molar refractivity (Wildman–Crippen MR) is 113 cm³/mol. The Morgan fingerprint density at radius 3 is 2.37 bits per heavy atom. The second kappa shape index (κ2) is 7.72. The van der Waals surface area contributed by atoms with Gasteiger partial charge in [0.1, 0.15) is 5.82 Å². The zero-order valence-corrected chi connectivity index (χ0v) is 16.1. The van der Waals surface area contributed by atoms with Gasteiger partial charge in [-0.25, -0.2) is 4.98 Å². The average Bonchev–Trinajstić information content (AvgIpc) is 2.73. The van der Waals surface area contributed by atoms with E-state index in [4.69, 9.17) is 0 Å². The molecule has 0 unspecified atom stereocenters. The van der Waals surface area contributed by atoms with Gasteiger partial charge in [-0.1, -0.05) is 64.5 Å². The van der Waals surface area contributed by atoms with Crippen LogP contribution in [0.4, 0.5) is 5.82 Å². The molecule has 4 aromatic rings. The van der Waals surface area contributed by atoms with Crippen LogP contribution in [0.25, 0.3) is 10.8 Å². The van der Waals surface area contributed by atoms with Crippen molar-refractivity contribution in [2.75, 3.05) is 4.90 Å². The Balaban J connectivity index is 1.76. The zero-order chi connectivity index (χ0) is 18.6. The van der Waals surface area contributed by atoms with E-state index in [0.29, 0.717) is 17.9 Å². The smallest absolute Gasteiger partial charge is 0.259 e. The first-order valence-corrected chi connectivity index (χ1v) is 9.47. The van der Waals surface area contributed by atoms with Crippen molar-refractivity contribution in [1.29, 1.82) is 0 Å². The van der Waals surface area contributed by atoms with Gasteiger partial charge in [-0.2, -0.15) is 0 Å². The maximum absolute atomic E-state index is 13.3. The number of rotatable bonds is 4. The molecule has 0 spiro atoms. The van der Waals surface area contributed by atoms with Crippen molar-refractivity contribution in [3.05, 3.63) is 107 Å². The zero-order valence-electron chi connectivity index (χ0n) is 14.5. The molecule has 0 bridgehead atoms. The summed E-state index contributed by atoms with van der Waals surface area (Å²) in [6, 6.07) is 27.4. The van der Waals surface area contributed by atoms with E-state index in [-0.39, 0.29) is 5.91 Å². The Hall–Kier alpha value is -2.98. The summed E-state index contributed by atoms with van der Waals surface area (Å²) in [7, 11) is 0. The molecule has 0 N–H and O–H groups in total. The number of benzene rings is 3. The van der Waals surface area contributed by atoms with Gasteiger partial charge in [-0.3, -0.25) is 9.69 Å². The molecule has 1 amide bonds. The SMILES string of the molecule is O=C(c1ccc(Br)cc1)N(Cc1cccc2ccccc12)c1ccccn1. The number of nitrogens with zero attached hydrogens (tertiary/aromatic N) is 2. The van der Waals surface area contributed by atoms with Crippen LogP contribution < -0.4 is 4.90 Å². The maximum atomic E-state index is 13.3. The summed E-state index contributed by atoms with van der Waals surface area (Å²) in [5, 5.41) is 2.30. The predicted octanol–water partition coefficient (Wildman–Crippen LogP) is 5.84. The van der Waals surface area contributed by atoms with Gasteiger partial charge in [0.15, 0.2) is 0 Å². The summed E-state index contributed by atoms with van der Waals surface area (Å²) >= 11 is 3.42. The standard InChI is InChI=1S/C23H17BrN2O/c24-20-13-11-18(12-14-20)23(27)26(22-10-3-4-15-25-22)16-19-8-5-7-17-6-1-2-9-21(17)19/h1-15H,16H2. The minimum absolute atomic E-state index is 0.0749. The Kier molecular flexibility index (Phi) is 4.99. The summed E-state index contributed by atoms with van der Waals surface area (Å²) in [6.45, 7) is 0.452. The van der Waals surface area contributed by atoms with Gasteiger partial charge in [-0.05, 0) is 52.7 Å². The van der Waals surface area contributed by atoms with E-state index in [1.54, 1.807) is 11.1 Å². The molecule has 0 aliphatic carbocycles. The third-order valence-corrected chi connectivity index (χ3v) is 5.00. The van der Waals surface area contributed by atoms with E-state index in [2.05, 4.69) is 45.2 Å². The maximum Gasteiger partial charge on any atom is 0.259 e. The first-order valence-electron chi connectivity index (χ1n) is 8.67. The molecule has 3 nitrogen and oxygen atoms in total. The lowest BCUT2D eigenvalue weighted by Crippen LogP contribution is -2.31. The summed E-state index contributed by atoms with van der Waals surface area (Å²) < 4.78 is 0.942. The quantitative estimate of drug-likeness (QED) is 0.418. The number of hydrogen-bond acceptors (Lipinski definition) is 2. The number of amides is 1. The van der Waals surface area contributed by atoms with E-state index in [1.165, 1.54) is 0 Å². The van der Waals surface area contributed by atoms with E-state index < -0.39 is 0 Å². The third-order valence-electron chi connectivity index (χ3n) is 4.47. The lowest BCUT2D eigenvalue weighted by atomic mass is 10.0. The molecule has 0 saturated heterocycles. The number of carbonyl (C=O) groups excluding carboxylic acids is 1. The molecule has 4 heteroatoms. The van der Waals surface area contributed by atoms with Gasteiger partial charge >= 0.3 is 0 Å². The Morgan fingerprint density at radius 1 is 0.852 bits per heavy atom. The molecule has 0 atom stereocenters. The highest BCUT2D eigenvalue weighted by Gasteiger charge is 2.20. The fourth-order valence-electron chi connectivity index (χ4n) is 3.12. The highest BCUT2D eigenvalue weighted by Crippen LogP contribution is 2.24. The fourth-order valence-corrected chi connectivity index (χ4v) is 3.38. The highest BCUT2D eigenvalue weighted by atomic mass is 79.9. The van der Waals surface area contributed by atoms with Gasteiger partial charge in [0.05, 0.1) is 6.54 Å². The summed E-state index contributed by atoms with van der Waals surface area (Å²) in [4.78, 5) is 19.4. The van der Waals surface area contributed by atoms with Crippen molar-refractivity contribution in [1.82, 2.24) is 4.98 Å². The topological polar surface area (TPSA) is 33.2 Å². The van der Waals surface area contributed by atoms with E-state index in [9.17, 15) is 4.79 Å². The minimum Gasteiger partial charge on any atom is -0.288 e. The number of carbonyl (C=O) groups is 1. The van der Waals surface area contributed by atoms with Crippen LogP contribution in [0.15, 0.2) is 95.6 Å². The molecule has 0 aliphatic rings. The Labute approximate surface area is 166 Å². The summed E-state index contributed by atoms with van der Waals surface area (Å²) in [6.07, 6.45) is 1.71. The molecule has 1 aromatic heterocycles. The van der Waals surface area contributed by atoms with Gasteiger partial charge in [0, 0.05) is 16.2 Å². The lowest BCUT2D eigenvalue weighted by Gasteiger charge is -2.23. The highest BCUT2D eigenvalue weighted by molar-refractivity contribution is 9.10. The van der Waals surface area contributed by atoms with Gasteiger partial charge in [0.25, 0.3) is 5.91 Å². The molecule has 0 fully saturated rings. The number of hydrogen-bond donors (Lipinski definition) is 0. The van der Waals surface area contributed by atoms with Crippen molar-refractivity contribution < 1.29 is 4.79 Å². The number of halogens is 1. The number of aromatic nitrogens is 1. The van der Waals surface area contributed by atoms with Gasteiger partial charge in [0.2, 0.25) is 0 Å². The van der Waals surface area contributed by atoms with Crippen LogP contribution in [0.3, 0.4) is 0 Å². The Morgan fingerprint density at radius 2 is 1.59 bits per heavy atom. The normalized spacial score (nSPS) is 10.7. The summed E-state index contributed by atoms with van der Waals surface area (Å²) in [5.41, 5.74) is 1.72. The molecular formula is C23H17BrN2O. The first-order chi connectivity index (χ1) is 13.2. The summed E-state index contributed by atoms with van der Waals surface area (Å²) in [5.74, 6) is 0.562. The molecule has 0 aliphatic heterocycles. The molecule has 0 radical (unpaired) electrons. The molecule has 3 aromatic carbocycles. The van der Waals surface area contributed by atoms with Crippen LogP contribution in [-0.4, -0.2) is 10.9 Å². The van der Waals surface area contributed by atoms with E-state index in [0.717, 1.165) is 20.8 Å². The average molecular weight is 417 g/mol. The van der Waals surface area contributed by atoms with Crippen LogP contribution in [0.5, 0.6) is 0 Å². The van der Waals surface area contributed by atoms with Gasteiger partial charge < -0.3 is 0 Å². The second-order valence-electron chi connectivity index (χ2n) is 6.22. The van der Waals surface area contributed by atoms with E-state index >= 15 is 0 Å². The molecule has 132 valence electrons.